The summed E-state index contributed by atoms with van der Waals surface area (Å²) in [6, 6.07) is 0.643. The first kappa shape index (κ1) is 11.8. The zero-order chi connectivity index (χ0) is 11.2. The van der Waals surface area contributed by atoms with E-state index < -0.39 is 0 Å². The second-order valence-corrected chi connectivity index (χ2v) is 5.57. The van der Waals surface area contributed by atoms with Gasteiger partial charge in [-0.1, -0.05) is 37.1 Å². The molecule has 0 amide bonds. The maximum atomic E-state index is 3.88. The first-order chi connectivity index (χ1) is 7.88. The van der Waals surface area contributed by atoms with E-state index in [1.54, 1.807) is 0 Å². The molecule has 16 heavy (non-hydrogen) atoms. The number of nitrogens with one attached hydrogen (secondary N) is 1. The lowest BCUT2D eigenvalue weighted by atomic mass is 9.95. The van der Waals surface area contributed by atoms with Crippen LogP contribution in [-0.2, 0) is 0 Å². The van der Waals surface area contributed by atoms with Crippen LogP contribution in [0.25, 0.3) is 0 Å². The van der Waals surface area contributed by atoms with Crippen molar-refractivity contribution in [2.45, 2.75) is 57.9 Å². The van der Waals surface area contributed by atoms with E-state index in [2.05, 4.69) is 21.8 Å². The van der Waals surface area contributed by atoms with Crippen LogP contribution in [0.15, 0.2) is 6.20 Å². The smallest absolute Gasteiger partial charge is 0.130 e. The molecule has 2 atom stereocenters. The van der Waals surface area contributed by atoms with Crippen molar-refractivity contribution in [1.82, 2.24) is 9.59 Å². The number of rotatable bonds is 4. The fourth-order valence-corrected chi connectivity index (χ4v) is 3.15. The van der Waals surface area contributed by atoms with E-state index >= 15 is 0 Å². The van der Waals surface area contributed by atoms with Gasteiger partial charge in [-0.15, -0.1) is 5.10 Å². The summed E-state index contributed by atoms with van der Waals surface area (Å²) in [5.74, 6) is 0.969. The Morgan fingerprint density at radius 1 is 1.38 bits per heavy atom. The minimum atomic E-state index is 0.643. The van der Waals surface area contributed by atoms with Gasteiger partial charge < -0.3 is 5.32 Å². The number of hydrogen-bond acceptors (Lipinski definition) is 4. The minimum absolute atomic E-state index is 0.643. The molecule has 0 saturated heterocycles. The third-order valence-corrected chi connectivity index (χ3v) is 4.09. The van der Waals surface area contributed by atoms with Crippen LogP contribution in [0.4, 0.5) is 5.00 Å². The Morgan fingerprint density at radius 3 is 3.06 bits per heavy atom. The zero-order valence-electron chi connectivity index (χ0n) is 9.98. The van der Waals surface area contributed by atoms with Crippen LogP contribution in [0.3, 0.4) is 0 Å². The van der Waals surface area contributed by atoms with Gasteiger partial charge in [0.05, 0.1) is 6.20 Å². The van der Waals surface area contributed by atoms with Gasteiger partial charge in [0.25, 0.3) is 0 Å². The van der Waals surface area contributed by atoms with Crippen LogP contribution in [0.1, 0.15) is 51.9 Å². The lowest BCUT2D eigenvalue weighted by Gasteiger charge is -2.16. The molecule has 3 nitrogen and oxygen atoms in total. The standard InChI is InChI=1S/C12H21N3S/c1-2-4-10-5-3-6-11(8-7-10)14-12-9-13-15-16-12/h9-11,14H,2-8H2,1H3. The molecule has 0 spiro atoms. The predicted molar refractivity (Wildman–Crippen MR) is 68.8 cm³/mol. The van der Waals surface area contributed by atoms with Gasteiger partial charge in [-0.25, -0.2) is 0 Å². The Morgan fingerprint density at radius 2 is 2.31 bits per heavy atom. The fraction of sp³-hybridized carbons (Fsp3) is 0.833. The molecule has 1 aromatic heterocycles. The lowest BCUT2D eigenvalue weighted by molar-refractivity contribution is 0.422. The molecule has 1 heterocycles. The van der Waals surface area contributed by atoms with Crippen LogP contribution in [-0.4, -0.2) is 15.6 Å². The zero-order valence-corrected chi connectivity index (χ0v) is 10.8. The maximum Gasteiger partial charge on any atom is 0.130 e. The van der Waals surface area contributed by atoms with Gasteiger partial charge in [-0.2, -0.15) is 0 Å². The molecule has 0 aromatic carbocycles. The highest BCUT2D eigenvalue weighted by molar-refractivity contribution is 7.09. The van der Waals surface area contributed by atoms with E-state index in [0.29, 0.717) is 6.04 Å². The third-order valence-electron chi connectivity index (χ3n) is 3.49. The molecule has 1 fully saturated rings. The predicted octanol–water partition coefficient (Wildman–Crippen LogP) is 3.70. The van der Waals surface area contributed by atoms with Gasteiger partial charge in [0.1, 0.15) is 5.00 Å². The average molecular weight is 239 g/mol. The van der Waals surface area contributed by atoms with E-state index in [1.165, 1.54) is 56.5 Å². The summed E-state index contributed by atoms with van der Waals surface area (Å²) in [6.07, 6.45) is 11.4. The van der Waals surface area contributed by atoms with E-state index in [4.69, 9.17) is 0 Å². The molecule has 4 heteroatoms. The topological polar surface area (TPSA) is 37.8 Å². The lowest BCUT2D eigenvalue weighted by Crippen LogP contribution is -2.17. The summed E-state index contributed by atoms with van der Waals surface area (Å²) in [5, 5.41) is 8.54. The molecule has 0 radical (unpaired) electrons. The van der Waals surface area contributed by atoms with E-state index in [9.17, 15) is 0 Å². The van der Waals surface area contributed by atoms with Gasteiger partial charge in [-0.05, 0) is 25.2 Å². The van der Waals surface area contributed by atoms with Gasteiger partial charge in [0.15, 0.2) is 0 Å². The number of anilines is 1. The molecule has 1 N–H and O–H groups in total. The summed E-state index contributed by atoms with van der Waals surface area (Å²) in [6.45, 7) is 2.30. The molecule has 1 aliphatic rings. The highest BCUT2D eigenvalue weighted by Crippen LogP contribution is 2.28. The van der Waals surface area contributed by atoms with Gasteiger partial charge in [0, 0.05) is 17.6 Å². The Hall–Kier alpha value is -0.640. The molecule has 2 unspecified atom stereocenters. The van der Waals surface area contributed by atoms with Gasteiger partial charge >= 0.3 is 0 Å². The van der Waals surface area contributed by atoms with Crippen molar-refractivity contribution in [3.8, 4) is 0 Å². The monoisotopic (exact) mass is 239 g/mol. The Kier molecular flexibility index (Phi) is 4.57. The van der Waals surface area contributed by atoms with E-state index in [0.717, 1.165) is 10.9 Å². The first-order valence-electron chi connectivity index (χ1n) is 6.42. The van der Waals surface area contributed by atoms with Crippen molar-refractivity contribution < 1.29 is 0 Å². The number of hydrogen-bond donors (Lipinski definition) is 1. The van der Waals surface area contributed by atoms with Crippen molar-refractivity contribution in [3.63, 3.8) is 0 Å². The molecule has 0 aliphatic heterocycles. The summed E-state index contributed by atoms with van der Waals surface area (Å²) < 4.78 is 3.88. The first-order valence-corrected chi connectivity index (χ1v) is 7.19. The van der Waals surface area contributed by atoms with Crippen LogP contribution >= 0.6 is 11.5 Å². The Bertz CT molecular complexity index is 286. The summed E-state index contributed by atoms with van der Waals surface area (Å²) in [7, 11) is 0. The molecular weight excluding hydrogens is 218 g/mol. The second-order valence-electron chi connectivity index (χ2n) is 4.79. The van der Waals surface area contributed by atoms with Crippen molar-refractivity contribution in [1.29, 1.82) is 0 Å². The summed E-state index contributed by atoms with van der Waals surface area (Å²) in [5.41, 5.74) is 0. The third kappa shape index (κ3) is 3.44. The van der Waals surface area contributed by atoms with Gasteiger partial charge in [0.2, 0.25) is 0 Å². The molecule has 2 rings (SSSR count). The maximum absolute atomic E-state index is 3.88. The van der Waals surface area contributed by atoms with Crippen molar-refractivity contribution in [3.05, 3.63) is 6.20 Å². The van der Waals surface area contributed by atoms with E-state index in [-0.39, 0.29) is 0 Å². The Labute approximate surface area is 102 Å². The van der Waals surface area contributed by atoms with E-state index in [1.807, 2.05) is 6.20 Å². The van der Waals surface area contributed by atoms with Crippen molar-refractivity contribution in [2.24, 2.45) is 5.92 Å². The fourth-order valence-electron chi connectivity index (χ4n) is 2.65. The average Bonchev–Trinajstić information content (AvgIpc) is 2.68. The minimum Gasteiger partial charge on any atom is -0.372 e. The van der Waals surface area contributed by atoms with Crippen LogP contribution < -0.4 is 5.32 Å². The quantitative estimate of drug-likeness (QED) is 0.814. The largest absolute Gasteiger partial charge is 0.372 e. The van der Waals surface area contributed by atoms with Crippen molar-refractivity contribution in [2.75, 3.05) is 5.32 Å². The SMILES string of the molecule is CCCC1CCCC(Nc2cnns2)CC1. The number of aromatic nitrogens is 2. The van der Waals surface area contributed by atoms with Crippen LogP contribution in [0.2, 0.25) is 0 Å². The number of nitrogens with zero attached hydrogens (tertiary/aromatic N) is 2. The molecule has 90 valence electrons. The van der Waals surface area contributed by atoms with Crippen LogP contribution in [0, 0.1) is 5.92 Å². The molecular formula is C12H21N3S. The van der Waals surface area contributed by atoms with Crippen LogP contribution in [0.5, 0.6) is 0 Å². The molecule has 1 saturated carbocycles. The molecule has 1 aromatic rings. The highest BCUT2D eigenvalue weighted by Gasteiger charge is 2.18. The summed E-state index contributed by atoms with van der Waals surface area (Å²) >= 11 is 1.46. The Balaban J connectivity index is 1.80. The normalized spacial score (nSPS) is 26.3. The summed E-state index contributed by atoms with van der Waals surface area (Å²) in [4.78, 5) is 0. The molecule has 1 aliphatic carbocycles. The second kappa shape index (κ2) is 6.18. The van der Waals surface area contributed by atoms with Gasteiger partial charge in [-0.3, -0.25) is 0 Å². The van der Waals surface area contributed by atoms with Crippen molar-refractivity contribution >= 4 is 16.5 Å². The molecule has 0 bridgehead atoms. The highest BCUT2D eigenvalue weighted by atomic mass is 32.1.